The van der Waals surface area contributed by atoms with Crippen LogP contribution in [0, 0.1) is 23.5 Å². The minimum atomic E-state index is -1.67. The van der Waals surface area contributed by atoms with Gasteiger partial charge < -0.3 is 10.1 Å². The number of rotatable bonds is 5. The van der Waals surface area contributed by atoms with Gasteiger partial charge in [-0.1, -0.05) is 19.3 Å². The quantitative estimate of drug-likeness (QED) is 0.513. The Hall–Kier alpha value is -1.37. The summed E-state index contributed by atoms with van der Waals surface area (Å²) in [7, 11) is 0. The van der Waals surface area contributed by atoms with Crippen LogP contribution in [-0.4, -0.2) is 24.2 Å². The van der Waals surface area contributed by atoms with Gasteiger partial charge in [-0.2, -0.15) is 22.5 Å². The highest BCUT2D eigenvalue weighted by Crippen LogP contribution is 2.22. The summed E-state index contributed by atoms with van der Waals surface area (Å²) in [6.45, 7) is 0.280. The SMILES string of the molecule is Fc1nc(F)c(F)c(NCCOC2CCCCC2)c1F. The van der Waals surface area contributed by atoms with E-state index < -0.39 is 29.2 Å². The average Bonchev–Trinajstić information content (AvgIpc) is 2.45. The Labute approximate surface area is 114 Å². The number of halogens is 4. The molecule has 0 spiro atoms. The van der Waals surface area contributed by atoms with Crippen molar-refractivity contribution >= 4 is 5.69 Å². The summed E-state index contributed by atoms with van der Waals surface area (Å²) in [5, 5.41) is 2.31. The van der Waals surface area contributed by atoms with Crippen LogP contribution in [0.25, 0.3) is 0 Å². The average molecular weight is 292 g/mol. The zero-order chi connectivity index (χ0) is 14.5. The maximum Gasteiger partial charge on any atom is 0.253 e. The van der Waals surface area contributed by atoms with Crippen LogP contribution < -0.4 is 5.32 Å². The summed E-state index contributed by atoms with van der Waals surface area (Å²) in [5.41, 5.74) is -0.845. The van der Waals surface area contributed by atoms with E-state index in [2.05, 4.69) is 10.3 Å². The molecular formula is C13H16F4N2O. The number of pyridine rings is 1. The molecule has 20 heavy (non-hydrogen) atoms. The topological polar surface area (TPSA) is 34.2 Å². The molecule has 1 aromatic rings. The van der Waals surface area contributed by atoms with Gasteiger partial charge in [0.2, 0.25) is 11.6 Å². The normalized spacial score (nSPS) is 16.4. The second kappa shape index (κ2) is 6.88. The van der Waals surface area contributed by atoms with Crippen molar-refractivity contribution < 1.29 is 22.3 Å². The summed E-state index contributed by atoms with van der Waals surface area (Å²) in [6.07, 6.45) is 5.53. The van der Waals surface area contributed by atoms with E-state index in [1.807, 2.05) is 0 Å². The minimum Gasteiger partial charge on any atom is -0.378 e. The molecule has 1 aromatic heterocycles. The van der Waals surface area contributed by atoms with E-state index in [0.717, 1.165) is 25.7 Å². The smallest absolute Gasteiger partial charge is 0.253 e. The molecule has 1 fully saturated rings. The Bertz CT molecular complexity index is 438. The summed E-state index contributed by atoms with van der Waals surface area (Å²) in [4.78, 5) is 2.48. The molecule has 0 aromatic carbocycles. The van der Waals surface area contributed by atoms with Crippen molar-refractivity contribution in [2.24, 2.45) is 0 Å². The fourth-order valence-corrected chi connectivity index (χ4v) is 2.28. The molecule has 0 radical (unpaired) electrons. The Kier molecular flexibility index (Phi) is 5.17. The van der Waals surface area contributed by atoms with Crippen molar-refractivity contribution in [3.8, 4) is 0 Å². The number of ether oxygens (including phenoxy) is 1. The van der Waals surface area contributed by atoms with E-state index in [9.17, 15) is 17.6 Å². The van der Waals surface area contributed by atoms with Gasteiger partial charge in [-0.25, -0.2) is 0 Å². The Morgan fingerprint density at radius 1 is 1.00 bits per heavy atom. The van der Waals surface area contributed by atoms with E-state index in [-0.39, 0.29) is 19.3 Å². The largest absolute Gasteiger partial charge is 0.378 e. The second-order valence-electron chi connectivity index (χ2n) is 4.75. The fraction of sp³-hybridized carbons (Fsp3) is 0.615. The van der Waals surface area contributed by atoms with Crippen molar-refractivity contribution in [1.29, 1.82) is 0 Å². The molecule has 1 saturated carbocycles. The molecule has 7 heteroatoms. The number of hydrogen-bond acceptors (Lipinski definition) is 3. The molecule has 0 amide bonds. The van der Waals surface area contributed by atoms with Gasteiger partial charge in [-0.15, -0.1) is 0 Å². The number of nitrogens with zero attached hydrogens (tertiary/aromatic N) is 1. The van der Waals surface area contributed by atoms with Gasteiger partial charge in [-0.3, -0.25) is 0 Å². The van der Waals surface area contributed by atoms with E-state index in [4.69, 9.17) is 4.74 Å². The standard InChI is InChI=1S/C13H16F4N2O/c14-9-11(10(15)13(17)19-12(9)16)18-6-7-20-8-4-2-1-3-5-8/h8H,1-7H2,(H,18,19). The highest BCUT2D eigenvalue weighted by Gasteiger charge is 2.20. The lowest BCUT2D eigenvalue weighted by Gasteiger charge is -2.22. The van der Waals surface area contributed by atoms with Crippen LogP contribution in [-0.2, 0) is 4.74 Å². The third kappa shape index (κ3) is 3.59. The van der Waals surface area contributed by atoms with Crippen LogP contribution in [0.5, 0.6) is 0 Å². The van der Waals surface area contributed by atoms with Crippen molar-refractivity contribution in [3.05, 3.63) is 23.5 Å². The highest BCUT2D eigenvalue weighted by atomic mass is 19.2. The number of hydrogen-bond donors (Lipinski definition) is 1. The van der Waals surface area contributed by atoms with E-state index in [0.29, 0.717) is 0 Å². The van der Waals surface area contributed by atoms with Crippen molar-refractivity contribution in [2.45, 2.75) is 38.2 Å². The summed E-state index contributed by atoms with van der Waals surface area (Å²) in [5.74, 6) is -6.39. The molecule has 1 aliphatic carbocycles. The molecule has 3 nitrogen and oxygen atoms in total. The van der Waals surface area contributed by atoms with Crippen molar-refractivity contribution in [1.82, 2.24) is 4.98 Å². The lowest BCUT2D eigenvalue weighted by atomic mass is 9.98. The third-order valence-corrected chi connectivity index (χ3v) is 3.31. The number of nitrogens with one attached hydrogen (secondary N) is 1. The Morgan fingerprint density at radius 2 is 1.60 bits per heavy atom. The molecule has 1 aliphatic rings. The van der Waals surface area contributed by atoms with E-state index >= 15 is 0 Å². The van der Waals surface area contributed by atoms with Gasteiger partial charge in [-0.05, 0) is 12.8 Å². The molecular weight excluding hydrogens is 276 g/mol. The van der Waals surface area contributed by atoms with Crippen LogP contribution in [0.15, 0.2) is 0 Å². The van der Waals surface area contributed by atoms with Gasteiger partial charge >= 0.3 is 0 Å². The van der Waals surface area contributed by atoms with Gasteiger partial charge in [0.05, 0.1) is 12.7 Å². The lowest BCUT2D eigenvalue weighted by Crippen LogP contribution is -2.21. The molecule has 2 rings (SSSR count). The van der Waals surface area contributed by atoms with Crippen LogP contribution in [0.1, 0.15) is 32.1 Å². The molecule has 112 valence electrons. The zero-order valence-corrected chi connectivity index (χ0v) is 10.9. The van der Waals surface area contributed by atoms with Crippen molar-refractivity contribution in [3.63, 3.8) is 0 Å². The molecule has 0 unspecified atom stereocenters. The molecule has 0 bridgehead atoms. The highest BCUT2D eigenvalue weighted by molar-refractivity contribution is 5.45. The maximum absolute atomic E-state index is 13.3. The fourth-order valence-electron chi connectivity index (χ4n) is 2.28. The monoisotopic (exact) mass is 292 g/mol. The van der Waals surface area contributed by atoms with E-state index in [1.165, 1.54) is 6.42 Å². The van der Waals surface area contributed by atoms with Gasteiger partial charge in [0.15, 0.2) is 0 Å². The molecule has 0 aliphatic heterocycles. The van der Waals surface area contributed by atoms with Gasteiger partial charge in [0.25, 0.3) is 11.9 Å². The van der Waals surface area contributed by atoms with Crippen LogP contribution >= 0.6 is 0 Å². The molecule has 1 heterocycles. The summed E-state index contributed by atoms with van der Waals surface area (Å²) in [6, 6.07) is 0. The first-order valence-electron chi connectivity index (χ1n) is 6.65. The first-order valence-corrected chi connectivity index (χ1v) is 6.65. The molecule has 1 N–H and O–H groups in total. The van der Waals surface area contributed by atoms with Crippen LogP contribution in [0.2, 0.25) is 0 Å². The Balaban J connectivity index is 1.84. The lowest BCUT2D eigenvalue weighted by molar-refractivity contribution is 0.0347. The molecule has 0 saturated heterocycles. The van der Waals surface area contributed by atoms with Gasteiger partial charge in [0, 0.05) is 6.54 Å². The van der Waals surface area contributed by atoms with Crippen LogP contribution in [0.3, 0.4) is 0 Å². The number of anilines is 1. The molecule has 0 atom stereocenters. The van der Waals surface area contributed by atoms with E-state index in [1.54, 1.807) is 0 Å². The first kappa shape index (κ1) is 15.0. The summed E-state index contributed by atoms with van der Waals surface area (Å²) >= 11 is 0. The summed E-state index contributed by atoms with van der Waals surface area (Å²) < 4.78 is 57.8. The zero-order valence-electron chi connectivity index (χ0n) is 10.9. The predicted octanol–water partition coefficient (Wildman–Crippen LogP) is 3.40. The van der Waals surface area contributed by atoms with Gasteiger partial charge in [0.1, 0.15) is 5.69 Å². The Morgan fingerprint density at radius 3 is 2.20 bits per heavy atom. The third-order valence-electron chi connectivity index (χ3n) is 3.31. The second-order valence-corrected chi connectivity index (χ2v) is 4.75. The predicted molar refractivity (Wildman–Crippen MR) is 65.4 cm³/mol. The number of aromatic nitrogens is 1. The van der Waals surface area contributed by atoms with Crippen molar-refractivity contribution in [2.75, 3.05) is 18.5 Å². The first-order chi connectivity index (χ1) is 9.59. The van der Waals surface area contributed by atoms with Crippen LogP contribution in [0.4, 0.5) is 23.2 Å². The maximum atomic E-state index is 13.3. The minimum absolute atomic E-state index is 0.0627.